The maximum Gasteiger partial charge on any atom is 0.417 e. The third kappa shape index (κ3) is 4.93. The van der Waals surface area contributed by atoms with Gasteiger partial charge < -0.3 is 9.47 Å². The lowest BCUT2D eigenvalue weighted by Gasteiger charge is -2.35. The molecule has 190 valence electrons. The molecule has 3 aromatic rings. The van der Waals surface area contributed by atoms with Gasteiger partial charge in [-0.05, 0) is 47.0 Å². The average Bonchev–Trinajstić information content (AvgIpc) is 3.52. The van der Waals surface area contributed by atoms with Crippen molar-refractivity contribution in [2.24, 2.45) is 0 Å². The van der Waals surface area contributed by atoms with Gasteiger partial charge in [-0.25, -0.2) is 0 Å². The van der Waals surface area contributed by atoms with E-state index in [4.69, 9.17) is 9.47 Å². The van der Waals surface area contributed by atoms with Crippen molar-refractivity contribution in [2.75, 3.05) is 39.5 Å². The molecule has 8 nitrogen and oxygen atoms in total. The monoisotopic (exact) mass is 500 g/mol. The second kappa shape index (κ2) is 9.90. The number of aromatic nitrogens is 4. The molecule has 0 spiro atoms. The number of nitrogens with zero attached hydrogens (tertiary/aromatic N) is 6. The van der Waals surface area contributed by atoms with Crippen LogP contribution in [0.5, 0.6) is 0 Å². The van der Waals surface area contributed by atoms with E-state index in [1.165, 1.54) is 10.7 Å². The zero-order chi connectivity index (χ0) is 25.3. The Labute approximate surface area is 206 Å². The lowest BCUT2D eigenvalue weighted by atomic mass is 9.98. The molecule has 0 amide bonds. The summed E-state index contributed by atoms with van der Waals surface area (Å²) in [6, 6.07) is 9.96. The summed E-state index contributed by atoms with van der Waals surface area (Å²) in [5.74, 6) is 0.876. The molecule has 5 rings (SSSR count). The largest absolute Gasteiger partial charge is 0.462 e. The minimum atomic E-state index is -4.56. The number of aryl methyl sites for hydroxylation is 2. The normalized spacial score (nSPS) is 17.1. The number of ether oxygens (including phenoxy) is 2. The summed E-state index contributed by atoms with van der Waals surface area (Å²) in [5.41, 5.74) is 2.24. The van der Waals surface area contributed by atoms with E-state index in [0.29, 0.717) is 37.4 Å². The Hall–Kier alpha value is -3.44. The van der Waals surface area contributed by atoms with Crippen molar-refractivity contribution >= 4 is 0 Å². The standard InChI is InChI=1S/C25H27F3N6O2/c1-17-5-3-6-18(2)23(17)34-24(29-30-31-34)22-19(7-4-8-21(22)25(26,27)28)13-32-9-11-33(12-10-32)14-20-15-35-16-36-20/h3-8,15H,9-14,16H2,1-2H3. The Kier molecular flexibility index (Phi) is 6.67. The summed E-state index contributed by atoms with van der Waals surface area (Å²) in [7, 11) is 0. The van der Waals surface area contributed by atoms with Gasteiger partial charge in [0, 0.05) is 38.3 Å². The molecule has 2 aliphatic heterocycles. The molecule has 1 aromatic heterocycles. The summed E-state index contributed by atoms with van der Waals surface area (Å²) in [6.07, 6.45) is -2.93. The summed E-state index contributed by atoms with van der Waals surface area (Å²) in [5, 5.41) is 12.0. The van der Waals surface area contributed by atoms with Crippen LogP contribution < -0.4 is 0 Å². The van der Waals surface area contributed by atoms with E-state index < -0.39 is 11.7 Å². The second-order valence-corrected chi connectivity index (χ2v) is 9.06. The fourth-order valence-electron chi connectivity index (χ4n) is 4.79. The molecule has 1 saturated heterocycles. The summed E-state index contributed by atoms with van der Waals surface area (Å²) >= 11 is 0. The number of benzene rings is 2. The maximum absolute atomic E-state index is 14.2. The van der Waals surface area contributed by atoms with E-state index in [1.807, 2.05) is 32.0 Å². The molecule has 3 heterocycles. The number of alkyl halides is 3. The number of halogens is 3. The average molecular weight is 501 g/mol. The van der Waals surface area contributed by atoms with Gasteiger partial charge in [0.1, 0.15) is 12.0 Å². The Morgan fingerprint density at radius 3 is 2.22 bits per heavy atom. The van der Waals surface area contributed by atoms with Crippen LogP contribution in [0, 0.1) is 13.8 Å². The van der Waals surface area contributed by atoms with Crippen molar-refractivity contribution in [3.05, 3.63) is 70.7 Å². The smallest absolute Gasteiger partial charge is 0.417 e. The summed E-state index contributed by atoms with van der Waals surface area (Å²) in [4.78, 5) is 4.40. The molecule has 0 N–H and O–H groups in total. The highest BCUT2D eigenvalue weighted by atomic mass is 19.4. The molecule has 0 saturated carbocycles. The van der Waals surface area contributed by atoms with Gasteiger partial charge in [-0.2, -0.15) is 17.9 Å². The number of piperazine rings is 1. The van der Waals surface area contributed by atoms with Crippen molar-refractivity contribution in [1.29, 1.82) is 0 Å². The van der Waals surface area contributed by atoms with E-state index in [9.17, 15) is 13.2 Å². The van der Waals surface area contributed by atoms with Crippen molar-refractivity contribution in [3.8, 4) is 17.1 Å². The van der Waals surface area contributed by atoms with Crippen molar-refractivity contribution in [3.63, 3.8) is 0 Å². The zero-order valence-corrected chi connectivity index (χ0v) is 20.1. The first-order valence-corrected chi connectivity index (χ1v) is 11.7. The van der Waals surface area contributed by atoms with Gasteiger partial charge in [-0.1, -0.05) is 30.3 Å². The van der Waals surface area contributed by atoms with Crippen LogP contribution >= 0.6 is 0 Å². The molecule has 2 aromatic carbocycles. The Morgan fingerprint density at radius 2 is 1.58 bits per heavy atom. The molecular formula is C25H27F3N6O2. The SMILES string of the molecule is Cc1cccc(C)c1-n1nnnc1-c1c(CN2CCN(CC3=COCO3)CC2)cccc1C(F)(F)F. The van der Waals surface area contributed by atoms with Crippen molar-refractivity contribution in [1.82, 2.24) is 30.0 Å². The molecule has 36 heavy (non-hydrogen) atoms. The zero-order valence-electron chi connectivity index (χ0n) is 20.1. The highest BCUT2D eigenvalue weighted by molar-refractivity contribution is 5.68. The van der Waals surface area contributed by atoms with E-state index in [2.05, 4.69) is 25.3 Å². The topological polar surface area (TPSA) is 68.5 Å². The third-order valence-electron chi connectivity index (χ3n) is 6.57. The van der Waals surface area contributed by atoms with Crippen LogP contribution in [0.2, 0.25) is 0 Å². The highest BCUT2D eigenvalue weighted by Gasteiger charge is 2.37. The third-order valence-corrected chi connectivity index (χ3v) is 6.57. The van der Waals surface area contributed by atoms with Gasteiger partial charge in [0.25, 0.3) is 0 Å². The molecular weight excluding hydrogens is 473 g/mol. The van der Waals surface area contributed by atoms with E-state index in [0.717, 1.165) is 36.0 Å². The van der Waals surface area contributed by atoms with Gasteiger partial charge in [0.05, 0.1) is 17.8 Å². The minimum absolute atomic E-state index is 0.0155. The number of tetrazole rings is 1. The molecule has 11 heteroatoms. The molecule has 2 aliphatic rings. The molecule has 0 atom stereocenters. The number of para-hydroxylation sites is 1. The van der Waals surface area contributed by atoms with Crippen LogP contribution in [0.3, 0.4) is 0 Å². The van der Waals surface area contributed by atoms with Crippen molar-refractivity contribution in [2.45, 2.75) is 26.6 Å². The summed E-state index contributed by atoms with van der Waals surface area (Å²) in [6.45, 7) is 8.02. The van der Waals surface area contributed by atoms with Crippen LogP contribution in [0.15, 0.2) is 48.4 Å². The highest BCUT2D eigenvalue weighted by Crippen LogP contribution is 2.39. The van der Waals surface area contributed by atoms with Gasteiger partial charge in [-0.3, -0.25) is 9.80 Å². The predicted molar refractivity (Wildman–Crippen MR) is 126 cm³/mol. The van der Waals surface area contributed by atoms with Crippen LogP contribution in [0.25, 0.3) is 17.1 Å². The number of hydrogen-bond acceptors (Lipinski definition) is 7. The van der Waals surface area contributed by atoms with E-state index in [1.54, 1.807) is 12.3 Å². The van der Waals surface area contributed by atoms with Crippen LogP contribution in [-0.4, -0.2) is 69.5 Å². The molecule has 1 fully saturated rings. The van der Waals surface area contributed by atoms with Crippen LogP contribution in [0.4, 0.5) is 13.2 Å². The van der Waals surface area contributed by atoms with Crippen LogP contribution in [0.1, 0.15) is 22.3 Å². The van der Waals surface area contributed by atoms with E-state index >= 15 is 0 Å². The lowest BCUT2D eigenvalue weighted by Crippen LogP contribution is -2.46. The molecule has 0 radical (unpaired) electrons. The Morgan fingerprint density at radius 1 is 0.917 bits per heavy atom. The van der Waals surface area contributed by atoms with Crippen LogP contribution in [-0.2, 0) is 22.2 Å². The number of hydrogen-bond donors (Lipinski definition) is 0. The van der Waals surface area contributed by atoms with Gasteiger partial charge >= 0.3 is 6.18 Å². The number of rotatable bonds is 6. The van der Waals surface area contributed by atoms with Gasteiger partial charge in [0.15, 0.2) is 5.82 Å². The fraction of sp³-hybridized carbons (Fsp3) is 0.400. The quantitative estimate of drug-likeness (QED) is 0.508. The first-order chi connectivity index (χ1) is 17.3. The first-order valence-electron chi connectivity index (χ1n) is 11.7. The first kappa shape index (κ1) is 24.3. The molecule has 0 aliphatic carbocycles. The maximum atomic E-state index is 14.2. The second-order valence-electron chi connectivity index (χ2n) is 9.06. The summed E-state index contributed by atoms with van der Waals surface area (Å²) < 4.78 is 54.6. The predicted octanol–water partition coefficient (Wildman–Crippen LogP) is 3.93. The minimum Gasteiger partial charge on any atom is -0.462 e. The Balaban J connectivity index is 1.46. The van der Waals surface area contributed by atoms with Gasteiger partial charge in [-0.15, -0.1) is 5.10 Å². The van der Waals surface area contributed by atoms with E-state index in [-0.39, 0.29) is 18.2 Å². The molecule has 0 unspecified atom stereocenters. The lowest BCUT2D eigenvalue weighted by molar-refractivity contribution is -0.137. The molecule has 0 bridgehead atoms. The Bertz CT molecular complexity index is 1240. The van der Waals surface area contributed by atoms with Gasteiger partial charge in [0.2, 0.25) is 6.79 Å². The fourth-order valence-corrected chi connectivity index (χ4v) is 4.79. The van der Waals surface area contributed by atoms with Crippen molar-refractivity contribution < 1.29 is 22.6 Å².